The first kappa shape index (κ1) is 11.4. The van der Waals surface area contributed by atoms with Crippen molar-refractivity contribution in [2.45, 2.75) is 23.0 Å². The fourth-order valence-corrected chi connectivity index (χ4v) is 3.07. The second-order valence-corrected chi connectivity index (χ2v) is 5.15. The SMILES string of the molecule is O=[N+]([O-])c1ccccc1SC1CCCNC1. The van der Waals surface area contributed by atoms with Crippen LogP contribution in [0.15, 0.2) is 29.2 Å². The van der Waals surface area contributed by atoms with E-state index in [1.165, 1.54) is 0 Å². The van der Waals surface area contributed by atoms with Gasteiger partial charge in [-0.05, 0) is 25.5 Å². The number of hydrogen-bond acceptors (Lipinski definition) is 4. The van der Waals surface area contributed by atoms with Crippen LogP contribution < -0.4 is 5.32 Å². The lowest BCUT2D eigenvalue weighted by molar-refractivity contribution is -0.387. The summed E-state index contributed by atoms with van der Waals surface area (Å²) in [6.45, 7) is 2.00. The second kappa shape index (κ2) is 5.32. The van der Waals surface area contributed by atoms with E-state index in [0.29, 0.717) is 5.25 Å². The van der Waals surface area contributed by atoms with Crippen molar-refractivity contribution >= 4 is 17.4 Å². The van der Waals surface area contributed by atoms with Crippen LogP contribution in [0.25, 0.3) is 0 Å². The van der Waals surface area contributed by atoms with Crippen LogP contribution >= 0.6 is 11.8 Å². The van der Waals surface area contributed by atoms with E-state index in [1.54, 1.807) is 23.9 Å². The summed E-state index contributed by atoms with van der Waals surface area (Å²) in [6.07, 6.45) is 2.28. The number of para-hydroxylation sites is 1. The van der Waals surface area contributed by atoms with Crippen molar-refractivity contribution in [3.63, 3.8) is 0 Å². The van der Waals surface area contributed by atoms with Gasteiger partial charge in [0.05, 0.1) is 9.82 Å². The molecule has 4 nitrogen and oxygen atoms in total. The van der Waals surface area contributed by atoms with Crippen LogP contribution in [0, 0.1) is 10.1 Å². The Morgan fingerprint density at radius 2 is 2.25 bits per heavy atom. The van der Waals surface area contributed by atoms with Crippen molar-refractivity contribution in [2.75, 3.05) is 13.1 Å². The Hall–Kier alpha value is -1.07. The first-order chi connectivity index (χ1) is 7.77. The zero-order chi connectivity index (χ0) is 11.4. The van der Waals surface area contributed by atoms with Gasteiger partial charge < -0.3 is 5.32 Å². The van der Waals surface area contributed by atoms with Crippen LogP contribution in [-0.4, -0.2) is 23.3 Å². The van der Waals surface area contributed by atoms with E-state index in [9.17, 15) is 10.1 Å². The normalized spacial score (nSPS) is 20.6. The van der Waals surface area contributed by atoms with Gasteiger partial charge in [-0.15, -0.1) is 11.8 Å². The zero-order valence-electron chi connectivity index (χ0n) is 8.89. The van der Waals surface area contributed by atoms with E-state index in [-0.39, 0.29) is 10.6 Å². The number of piperidine rings is 1. The fourth-order valence-electron chi connectivity index (χ4n) is 1.81. The smallest absolute Gasteiger partial charge is 0.282 e. The average Bonchev–Trinajstić information content (AvgIpc) is 2.31. The van der Waals surface area contributed by atoms with Gasteiger partial charge in [0.25, 0.3) is 5.69 Å². The molecule has 1 N–H and O–H groups in total. The van der Waals surface area contributed by atoms with Gasteiger partial charge in [-0.3, -0.25) is 10.1 Å². The van der Waals surface area contributed by atoms with Crippen molar-refractivity contribution in [3.05, 3.63) is 34.4 Å². The summed E-state index contributed by atoms with van der Waals surface area (Å²) in [4.78, 5) is 11.3. The summed E-state index contributed by atoms with van der Waals surface area (Å²) < 4.78 is 0. The van der Waals surface area contributed by atoms with Gasteiger partial charge in [-0.1, -0.05) is 12.1 Å². The highest BCUT2D eigenvalue weighted by atomic mass is 32.2. The topological polar surface area (TPSA) is 55.2 Å². The fraction of sp³-hybridized carbons (Fsp3) is 0.455. The van der Waals surface area contributed by atoms with Crippen LogP contribution in [0.1, 0.15) is 12.8 Å². The van der Waals surface area contributed by atoms with Crippen LogP contribution in [0.4, 0.5) is 5.69 Å². The number of nitro groups is 1. The molecular formula is C11H14N2O2S. The van der Waals surface area contributed by atoms with Gasteiger partial charge in [0, 0.05) is 17.9 Å². The third kappa shape index (κ3) is 2.74. The van der Waals surface area contributed by atoms with Crippen LogP contribution in [0.3, 0.4) is 0 Å². The molecule has 1 aromatic rings. The van der Waals surface area contributed by atoms with E-state index < -0.39 is 0 Å². The summed E-state index contributed by atoms with van der Waals surface area (Å²) in [7, 11) is 0. The molecule has 0 amide bonds. The molecule has 0 saturated carbocycles. The van der Waals surface area contributed by atoms with Gasteiger partial charge in [0.15, 0.2) is 0 Å². The lowest BCUT2D eigenvalue weighted by Crippen LogP contribution is -2.31. The molecule has 0 radical (unpaired) electrons. The van der Waals surface area contributed by atoms with Gasteiger partial charge in [-0.25, -0.2) is 0 Å². The second-order valence-electron chi connectivity index (χ2n) is 3.81. The zero-order valence-corrected chi connectivity index (χ0v) is 9.70. The molecule has 1 atom stereocenters. The lowest BCUT2D eigenvalue weighted by Gasteiger charge is -2.21. The maximum absolute atomic E-state index is 10.8. The molecule has 1 heterocycles. The highest BCUT2D eigenvalue weighted by Crippen LogP contribution is 2.33. The van der Waals surface area contributed by atoms with E-state index in [0.717, 1.165) is 30.8 Å². The molecule has 1 aliphatic heterocycles. The molecular weight excluding hydrogens is 224 g/mol. The van der Waals surface area contributed by atoms with Crippen molar-refractivity contribution < 1.29 is 4.92 Å². The highest BCUT2D eigenvalue weighted by Gasteiger charge is 2.19. The molecule has 2 rings (SSSR count). The third-order valence-electron chi connectivity index (χ3n) is 2.61. The van der Waals surface area contributed by atoms with E-state index in [1.807, 2.05) is 12.1 Å². The van der Waals surface area contributed by atoms with Crippen LogP contribution in [-0.2, 0) is 0 Å². The molecule has 0 spiro atoms. The van der Waals surface area contributed by atoms with Gasteiger partial charge in [-0.2, -0.15) is 0 Å². The van der Waals surface area contributed by atoms with Gasteiger partial charge in [0.1, 0.15) is 0 Å². The molecule has 86 valence electrons. The lowest BCUT2D eigenvalue weighted by atomic mass is 10.2. The monoisotopic (exact) mass is 238 g/mol. The molecule has 16 heavy (non-hydrogen) atoms. The Balaban J connectivity index is 2.10. The van der Waals surface area contributed by atoms with Crippen molar-refractivity contribution in [1.29, 1.82) is 0 Å². The highest BCUT2D eigenvalue weighted by molar-refractivity contribution is 8.00. The number of nitro benzene ring substituents is 1. The Kier molecular flexibility index (Phi) is 3.79. The first-order valence-electron chi connectivity index (χ1n) is 5.38. The van der Waals surface area contributed by atoms with E-state index in [4.69, 9.17) is 0 Å². The maximum atomic E-state index is 10.8. The Labute approximate surface area is 98.6 Å². The largest absolute Gasteiger partial charge is 0.316 e. The summed E-state index contributed by atoms with van der Waals surface area (Å²) in [5.41, 5.74) is 0.220. The third-order valence-corrected chi connectivity index (χ3v) is 3.94. The number of nitrogens with zero attached hydrogens (tertiary/aromatic N) is 1. The number of hydrogen-bond donors (Lipinski definition) is 1. The Bertz CT molecular complexity index is 378. The molecule has 1 fully saturated rings. The predicted molar refractivity (Wildman–Crippen MR) is 64.8 cm³/mol. The molecule has 5 heteroatoms. The Morgan fingerprint density at radius 1 is 1.44 bits per heavy atom. The molecule has 0 aliphatic carbocycles. The van der Waals surface area contributed by atoms with Gasteiger partial charge in [0.2, 0.25) is 0 Å². The number of benzene rings is 1. The van der Waals surface area contributed by atoms with Crippen molar-refractivity contribution in [2.24, 2.45) is 0 Å². The molecule has 1 unspecified atom stereocenters. The number of thioether (sulfide) groups is 1. The number of nitrogens with one attached hydrogen (secondary N) is 1. The van der Waals surface area contributed by atoms with Crippen molar-refractivity contribution in [3.8, 4) is 0 Å². The molecule has 1 aromatic carbocycles. The summed E-state index contributed by atoms with van der Waals surface area (Å²) in [5.74, 6) is 0. The average molecular weight is 238 g/mol. The summed E-state index contributed by atoms with van der Waals surface area (Å²) in [6, 6.07) is 6.96. The predicted octanol–water partition coefficient (Wildman–Crippen LogP) is 2.44. The van der Waals surface area contributed by atoms with E-state index in [2.05, 4.69) is 5.32 Å². The molecule has 0 aromatic heterocycles. The minimum absolute atomic E-state index is 0.220. The summed E-state index contributed by atoms with van der Waals surface area (Å²) >= 11 is 1.62. The number of rotatable bonds is 3. The van der Waals surface area contributed by atoms with Crippen molar-refractivity contribution in [1.82, 2.24) is 5.32 Å². The molecule has 1 saturated heterocycles. The minimum Gasteiger partial charge on any atom is -0.316 e. The molecule has 1 aliphatic rings. The van der Waals surface area contributed by atoms with Gasteiger partial charge >= 0.3 is 0 Å². The van der Waals surface area contributed by atoms with E-state index >= 15 is 0 Å². The summed E-state index contributed by atoms with van der Waals surface area (Å²) in [5, 5.41) is 14.6. The van der Waals surface area contributed by atoms with Crippen LogP contribution in [0.2, 0.25) is 0 Å². The maximum Gasteiger partial charge on any atom is 0.282 e. The standard InChI is InChI=1S/C11H14N2O2S/c14-13(15)10-5-1-2-6-11(10)16-9-4-3-7-12-8-9/h1-2,5-6,9,12H,3-4,7-8H2. The Morgan fingerprint density at radius 3 is 2.94 bits per heavy atom. The molecule has 0 bridgehead atoms. The first-order valence-corrected chi connectivity index (χ1v) is 6.26. The van der Waals surface area contributed by atoms with Crippen LogP contribution in [0.5, 0.6) is 0 Å². The minimum atomic E-state index is -0.307. The quantitative estimate of drug-likeness (QED) is 0.649.